The van der Waals surface area contributed by atoms with Crippen molar-refractivity contribution in [3.05, 3.63) is 24.7 Å². The first-order chi connectivity index (χ1) is 6.81. The highest BCUT2D eigenvalue weighted by Crippen LogP contribution is 2.09. The molecule has 72 valence electrons. The van der Waals surface area contributed by atoms with Crippen LogP contribution in [0.4, 0.5) is 4.79 Å². The van der Waals surface area contributed by atoms with Crippen molar-refractivity contribution < 1.29 is 9.53 Å². The molecule has 0 aliphatic carbocycles. The molecule has 0 spiro atoms. The number of rotatable bonds is 1. The number of ether oxygens (including phenoxy) is 1. The van der Waals surface area contributed by atoms with E-state index in [0.29, 0.717) is 6.61 Å². The zero-order valence-electron chi connectivity index (χ0n) is 7.67. The van der Waals surface area contributed by atoms with Gasteiger partial charge in [-0.3, -0.25) is 4.98 Å². The molecule has 2 heterocycles. The minimum absolute atomic E-state index is 0.341. The van der Waals surface area contributed by atoms with Crippen LogP contribution in [0.1, 0.15) is 6.92 Å². The number of aromatic nitrogens is 3. The molecule has 0 atom stereocenters. The Bertz CT molecular complexity index is 431. The lowest BCUT2D eigenvalue weighted by atomic mass is 10.3. The highest BCUT2D eigenvalue weighted by molar-refractivity contribution is 5.81. The maximum Gasteiger partial charge on any atom is 0.434 e. The van der Waals surface area contributed by atoms with Gasteiger partial charge in [-0.15, -0.1) is 0 Å². The summed E-state index contributed by atoms with van der Waals surface area (Å²) in [4.78, 5) is 15.2. The van der Waals surface area contributed by atoms with Gasteiger partial charge in [-0.05, 0) is 13.0 Å². The average Bonchev–Trinajstić information content (AvgIpc) is 2.61. The van der Waals surface area contributed by atoms with Crippen LogP contribution in [0.3, 0.4) is 0 Å². The van der Waals surface area contributed by atoms with E-state index in [1.54, 1.807) is 31.6 Å². The molecule has 0 radical (unpaired) electrons. The van der Waals surface area contributed by atoms with Gasteiger partial charge in [-0.25, -0.2) is 4.79 Å². The summed E-state index contributed by atoms with van der Waals surface area (Å²) in [6.45, 7) is 2.09. The van der Waals surface area contributed by atoms with Gasteiger partial charge in [0, 0.05) is 24.0 Å². The topological polar surface area (TPSA) is 57.0 Å². The molecule has 0 unspecified atom stereocenters. The van der Waals surface area contributed by atoms with Crippen LogP contribution in [0.25, 0.3) is 10.9 Å². The predicted molar refractivity (Wildman–Crippen MR) is 49.9 cm³/mol. The maximum atomic E-state index is 11.3. The van der Waals surface area contributed by atoms with Crippen molar-refractivity contribution in [3.8, 4) is 0 Å². The van der Waals surface area contributed by atoms with Gasteiger partial charge in [0.05, 0.1) is 12.1 Å². The summed E-state index contributed by atoms with van der Waals surface area (Å²) >= 11 is 0. The average molecular weight is 191 g/mol. The molecule has 5 heteroatoms. The lowest BCUT2D eigenvalue weighted by Crippen LogP contribution is -2.13. The maximum absolute atomic E-state index is 11.3. The zero-order chi connectivity index (χ0) is 9.97. The molecule has 0 saturated heterocycles. The summed E-state index contributed by atoms with van der Waals surface area (Å²) in [7, 11) is 0. The van der Waals surface area contributed by atoms with Gasteiger partial charge in [0.25, 0.3) is 0 Å². The fourth-order valence-corrected chi connectivity index (χ4v) is 1.15. The number of carbonyl (C=O) groups is 1. The Morgan fingerprint density at radius 2 is 2.50 bits per heavy atom. The van der Waals surface area contributed by atoms with E-state index in [1.165, 1.54) is 4.68 Å². The van der Waals surface area contributed by atoms with Crippen molar-refractivity contribution in [3.63, 3.8) is 0 Å². The van der Waals surface area contributed by atoms with Crippen LogP contribution in [0.15, 0.2) is 24.7 Å². The molecule has 14 heavy (non-hydrogen) atoms. The molecule has 2 aromatic rings. The summed E-state index contributed by atoms with van der Waals surface area (Å²) in [5, 5.41) is 4.85. The summed E-state index contributed by atoms with van der Waals surface area (Å²) in [5.41, 5.74) is 0.730. The Hall–Kier alpha value is -1.91. The minimum atomic E-state index is -0.469. The number of hydrogen-bond acceptors (Lipinski definition) is 4. The normalized spacial score (nSPS) is 10.4. The van der Waals surface area contributed by atoms with Gasteiger partial charge in [-0.2, -0.15) is 9.78 Å². The van der Waals surface area contributed by atoms with E-state index < -0.39 is 6.09 Å². The first-order valence-corrected chi connectivity index (χ1v) is 4.28. The molecular formula is C9H9N3O2. The number of carbonyl (C=O) groups excluding carboxylic acids is 1. The Labute approximate surface area is 80.3 Å². The Morgan fingerprint density at radius 3 is 3.21 bits per heavy atom. The van der Waals surface area contributed by atoms with Gasteiger partial charge in [0.1, 0.15) is 0 Å². The lowest BCUT2D eigenvalue weighted by molar-refractivity contribution is 0.150. The molecule has 0 saturated carbocycles. The first-order valence-electron chi connectivity index (χ1n) is 4.28. The molecule has 0 fully saturated rings. The van der Waals surface area contributed by atoms with Crippen molar-refractivity contribution in [1.29, 1.82) is 0 Å². The number of pyridine rings is 1. The Kier molecular flexibility index (Phi) is 2.14. The van der Waals surface area contributed by atoms with E-state index in [2.05, 4.69) is 10.1 Å². The molecule has 0 N–H and O–H groups in total. The van der Waals surface area contributed by atoms with E-state index in [9.17, 15) is 4.79 Å². The van der Waals surface area contributed by atoms with Gasteiger partial charge in [-0.1, -0.05) is 0 Å². The highest BCUT2D eigenvalue weighted by Gasteiger charge is 2.07. The van der Waals surface area contributed by atoms with Crippen LogP contribution >= 0.6 is 0 Å². The van der Waals surface area contributed by atoms with E-state index in [-0.39, 0.29) is 0 Å². The van der Waals surface area contributed by atoms with Gasteiger partial charge in [0.15, 0.2) is 0 Å². The minimum Gasteiger partial charge on any atom is -0.448 e. The third-order valence-electron chi connectivity index (χ3n) is 1.76. The van der Waals surface area contributed by atoms with Gasteiger partial charge < -0.3 is 4.74 Å². The molecular weight excluding hydrogens is 182 g/mol. The van der Waals surface area contributed by atoms with E-state index >= 15 is 0 Å². The van der Waals surface area contributed by atoms with Crippen LogP contribution < -0.4 is 0 Å². The second kappa shape index (κ2) is 3.45. The number of fused-ring (bicyclic) bond motifs is 1. The molecule has 0 amide bonds. The largest absolute Gasteiger partial charge is 0.448 e. The smallest absolute Gasteiger partial charge is 0.434 e. The molecule has 0 bridgehead atoms. The van der Waals surface area contributed by atoms with Gasteiger partial charge in [0.2, 0.25) is 0 Å². The fourth-order valence-electron chi connectivity index (χ4n) is 1.15. The Morgan fingerprint density at radius 1 is 1.64 bits per heavy atom. The second-order valence-corrected chi connectivity index (χ2v) is 2.71. The van der Waals surface area contributed by atoms with Crippen LogP contribution in [0.5, 0.6) is 0 Å². The first kappa shape index (κ1) is 8.68. The highest BCUT2D eigenvalue weighted by atomic mass is 16.5. The van der Waals surface area contributed by atoms with Crippen LogP contribution in [-0.2, 0) is 4.74 Å². The van der Waals surface area contributed by atoms with Crippen molar-refractivity contribution in [1.82, 2.24) is 14.8 Å². The zero-order valence-corrected chi connectivity index (χ0v) is 7.67. The van der Waals surface area contributed by atoms with Crippen molar-refractivity contribution >= 4 is 17.0 Å². The summed E-state index contributed by atoms with van der Waals surface area (Å²) in [5.74, 6) is 0. The van der Waals surface area contributed by atoms with Crippen molar-refractivity contribution in [2.24, 2.45) is 0 Å². The van der Waals surface area contributed by atoms with Crippen LogP contribution in [0.2, 0.25) is 0 Å². The monoisotopic (exact) mass is 191 g/mol. The third-order valence-corrected chi connectivity index (χ3v) is 1.76. The molecule has 5 nitrogen and oxygen atoms in total. The summed E-state index contributed by atoms with van der Waals surface area (Å²) in [6.07, 6.45) is 4.41. The lowest BCUT2D eigenvalue weighted by Gasteiger charge is -1.98. The van der Waals surface area contributed by atoms with Gasteiger partial charge >= 0.3 is 6.09 Å². The van der Waals surface area contributed by atoms with E-state index in [4.69, 9.17) is 4.74 Å². The molecule has 2 rings (SSSR count). The van der Waals surface area contributed by atoms with E-state index in [0.717, 1.165) is 10.9 Å². The van der Waals surface area contributed by atoms with Crippen molar-refractivity contribution in [2.45, 2.75) is 6.92 Å². The number of nitrogens with zero attached hydrogens (tertiary/aromatic N) is 3. The van der Waals surface area contributed by atoms with Crippen LogP contribution in [-0.4, -0.2) is 27.5 Å². The fraction of sp³-hybridized carbons (Fsp3) is 0.222. The number of hydrogen-bond donors (Lipinski definition) is 0. The predicted octanol–water partition coefficient (Wildman–Crippen LogP) is 1.44. The second-order valence-electron chi connectivity index (χ2n) is 2.71. The third kappa shape index (κ3) is 1.44. The quantitative estimate of drug-likeness (QED) is 0.684. The summed E-state index contributed by atoms with van der Waals surface area (Å²) < 4.78 is 5.98. The van der Waals surface area contributed by atoms with Crippen LogP contribution in [0, 0.1) is 0 Å². The summed E-state index contributed by atoms with van der Waals surface area (Å²) in [6, 6.07) is 1.74. The molecule has 2 aromatic heterocycles. The molecule has 0 aromatic carbocycles. The molecule has 0 aliphatic rings. The SMILES string of the molecule is CCOC(=O)n1cc2cnccc2n1. The van der Waals surface area contributed by atoms with E-state index in [1.807, 2.05) is 0 Å². The molecule has 0 aliphatic heterocycles. The van der Waals surface area contributed by atoms with Crippen molar-refractivity contribution in [2.75, 3.05) is 6.61 Å². The Balaban J connectivity index is 2.40. The standard InChI is InChI=1S/C9H9N3O2/c1-2-14-9(13)12-6-7-5-10-4-3-8(7)11-12/h3-6H,2H2,1H3.